The van der Waals surface area contributed by atoms with Crippen molar-refractivity contribution in [2.75, 3.05) is 20.3 Å². The fourth-order valence-electron chi connectivity index (χ4n) is 1.81. The Morgan fingerprint density at radius 2 is 1.96 bits per heavy atom. The van der Waals surface area contributed by atoms with Crippen LogP contribution in [0.4, 0.5) is 0 Å². The van der Waals surface area contributed by atoms with Crippen LogP contribution in [0, 0.1) is 0 Å². The third-order valence-corrected chi connectivity index (χ3v) is 4.44. The number of ether oxygens (including phenoxy) is 1. The van der Waals surface area contributed by atoms with Crippen molar-refractivity contribution < 1.29 is 17.9 Å². The van der Waals surface area contributed by atoms with E-state index < -0.39 is 10.0 Å². The van der Waals surface area contributed by atoms with Crippen molar-refractivity contribution in [3.8, 4) is 0 Å². The summed E-state index contributed by atoms with van der Waals surface area (Å²) >= 11 is 0. The molecule has 0 radical (unpaired) electrons. The van der Waals surface area contributed by atoms with Gasteiger partial charge in [0.25, 0.3) is 15.9 Å². The molecule has 2 aromatic rings. The summed E-state index contributed by atoms with van der Waals surface area (Å²) in [6, 6.07) is 6.21. The van der Waals surface area contributed by atoms with Crippen molar-refractivity contribution in [1.29, 1.82) is 0 Å². The predicted molar refractivity (Wildman–Crippen MR) is 86.7 cm³/mol. The largest absolute Gasteiger partial charge is 0.383 e. The van der Waals surface area contributed by atoms with Crippen molar-refractivity contribution in [3.05, 3.63) is 54.0 Å². The van der Waals surface area contributed by atoms with Gasteiger partial charge in [-0.1, -0.05) is 6.07 Å². The van der Waals surface area contributed by atoms with Gasteiger partial charge in [0.15, 0.2) is 5.03 Å². The van der Waals surface area contributed by atoms with E-state index in [1.165, 1.54) is 31.8 Å². The topological polar surface area (TPSA) is 110 Å². The normalized spacial score (nSPS) is 11.2. The Hall–Kier alpha value is -2.36. The van der Waals surface area contributed by atoms with Crippen LogP contribution in [0.3, 0.4) is 0 Å². The SMILES string of the molecule is COCCNS(=O)(=O)c1ccc(CNC(=O)c2ccncc2)cn1. The van der Waals surface area contributed by atoms with Gasteiger partial charge in [0.1, 0.15) is 0 Å². The summed E-state index contributed by atoms with van der Waals surface area (Å²) in [6.45, 7) is 0.689. The zero-order valence-corrected chi connectivity index (χ0v) is 13.9. The van der Waals surface area contributed by atoms with Crippen LogP contribution < -0.4 is 10.0 Å². The molecule has 24 heavy (non-hydrogen) atoms. The average molecular weight is 350 g/mol. The van der Waals surface area contributed by atoms with E-state index in [2.05, 4.69) is 20.0 Å². The van der Waals surface area contributed by atoms with Gasteiger partial charge in [0.2, 0.25) is 0 Å². The summed E-state index contributed by atoms with van der Waals surface area (Å²) < 4.78 is 31.1. The monoisotopic (exact) mass is 350 g/mol. The van der Waals surface area contributed by atoms with E-state index in [1.54, 1.807) is 18.2 Å². The van der Waals surface area contributed by atoms with Gasteiger partial charge in [-0.3, -0.25) is 9.78 Å². The zero-order valence-electron chi connectivity index (χ0n) is 13.1. The highest BCUT2D eigenvalue weighted by atomic mass is 32.2. The summed E-state index contributed by atoms with van der Waals surface area (Å²) in [5, 5.41) is 2.65. The van der Waals surface area contributed by atoms with E-state index in [9.17, 15) is 13.2 Å². The quantitative estimate of drug-likeness (QED) is 0.664. The summed E-state index contributed by atoms with van der Waals surface area (Å²) in [7, 11) is -2.17. The van der Waals surface area contributed by atoms with Crippen LogP contribution in [-0.2, 0) is 21.3 Å². The number of hydrogen-bond donors (Lipinski definition) is 2. The van der Waals surface area contributed by atoms with E-state index in [1.807, 2.05) is 0 Å². The Bertz CT molecular complexity index is 764. The lowest BCUT2D eigenvalue weighted by molar-refractivity contribution is 0.0950. The fraction of sp³-hybridized carbons (Fsp3) is 0.267. The molecule has 2 N–H and O–H groups in total. The first-order chi connectivity index (χ1) is 11.5. The maximum Gasteiger partial charge on any atom is 0.258 e. The number of hydrogen-bond acceptors (Lipinski definition) is 6. The number of amides is 1. The molecule has 9 heteroatoms. The van der Waals surface area contributed by atoms with Gasteiger partial charge in [-0.05, 0) is 23.8 Å². The number of carbonyl (C=O) groups excluding carboxylic acids is 1. The Morgan fingerprint density at radius 1 is 1.21 bits per heavy atom. The standard InChI is InChI=1S/C15H18N4O4S/c1-23-9-8-19-24(21,22)14-3-2-12(10-17-14)11-18-15(20)13-4-6-16-7-5-13/h2-7,10,19H,8-9,11H2,1H3,(H,18,20). The number of carbonyl (C=O) groups is 1. The van der Waals surface area contributed by atoms with E-state index in [0.29, 0.717) is 11.1 Å². The lowest BCUT2D eigenvalue weighted by atomic mass is 10.2. The molecule has 2 rings (SSSR count). The third kappa shape index (κ3) is 5.08. The number of aromatic nitrogens is 2. The molecular weight excluding hydrogens is 332 g/mol. The molecule has 0 saturated carbocycles. The molecule has 128 valence electrons. The Labute approximate surface area is 140 Å². The number of methoxy groups -OCH3 is 1. The van der Waals surface area contributed by atoms with E-state index in [0.717, 1.165) is 0 Å². The molecule has 2 aromatic heterocycles. The number of sulfonamides is 1. The highest BCUT2D eigenvalue weighted by Crippen LogP contribution is 2.07. The molecule has 2 heterocycles. The van der Waals surface area contributed by atoms with Gasteiger partial charge < -0.3 is 10.1 Å². The molecule has 0 aliphatic heterocycles. The second kappa shape index (κ2) is 8.48. The first-order valence-corrected chi connectivity index (χ1v) is 8.63. The maximum atomic E-state index is 12.0. The van der Waals surface area contributed by atoms with Crippen LogP contribution in [0.1, 0.15) is 15.9 Å². The predicted octanol–water partition coefficient (Wildman–Crippen LogP) is 0.331. The maximum absolute atomic E-state index is 12.0. The second-order valence-corrected chi connectivity index (χ2v) is 6.53. The molecule has 8 nitrogen and oxygen atoms in total. The van der Waals surface area contributed by atoms with Gasteiger partial charge in [0.05, 0.1) is 6.61 Å². The van der Waals surface area contributed by atoms with Gasteiger partial charge in [0, 0.05) is 44.4 Å². The first kappa shape index (κ1) is 18.0. The van der Waals surface area contributed by atoms with Crippen LogP contribution in [-0.4, -0.2) is 44.6 Å². The van der Waals surface area contributed by atoms with Crippen molar-refractivity contribution in [3.63, 3.8) is 0 Å². The molecule has 0 fully saturated rings. The Kier molecular flexibility index (Phi) is 6.36. The average Bonchev–Trinajstić information content (AvgIpc) is 2.61. The van der Waals surface area contributed by atoms with E-state index in [4.69, 9.17) is 4.74 Å². The highest BCUT2D eigenvalue weighted by Gasteiger charge is 2.14. The van der Waals surface area contributed by atoms with E-state index >= 15 is 0 Å². The molecule has 0 aliphatic rings. The van der Waals surface area contributed by atoms with Gasteiger partial charge >= 0.3 is 0 Å². The van der Waals surface area contributed by atoms with Crippen molar-refractivity contribution >= 4 is 15.9 Å². The molecule has 0 aromatic carbocycles. The smallest absolute Gasteiger partial charge is 0.258 e. The first-order valence-electron chi connectivity index (χ1n) is 7.14. The molecular formula is C15H18N4O4S. The minimum Gasteiger partial charge on any atom is -0.383 e. The minimum absolute atomic E-state index is 0.0807. The van der Waals surface area contributed by atoms with Gasteiger partial charge in [-0.25, -0.2) is 18.1 Å². The van der Waals surface area contributed by atoms with Crippen molar-refractivity contribution in [2.45, 2.75) is 11.6 Å². The van der Waals surface area contributed by atoms with Crippen molar-refractivity contribution in [2.24, 2.45) is 0 Å². The van der Waals surface area contributed by atoms with Gasteiger partial charge in [-0.2, -0.15) is 0 Å². The Balaban J connectivity index is 1.93. The van der Waals surface area contributed by atoms with Gasteiger partial charge in [-0.15, -0.1) is 0 Å². The molecule has 0 spiro atoms. The van der Waals surface area contributed by atoms with Crippen LogP contribution in [0.2, 0.25) is 0 Å². The lowest BCUT2D eigenvalue weighted by Crippen LogP contribution is -2.28. The molecule has 0 saturated heterocycles. The summed E-state index contributed by atoms with van der Waals surface area (Å²) in [4.78, 5) is 19.7. The number of nitrogens with zero attached hydrogens (tertiary/aromatic N) is 2. The summed E-state index contributed by atoms with van der Waals surface area (Å²) in [5.74, 6) is -0.240. The summed E-state index contributed by atoms with van der Waals surface area (Å²) in [5.41, 5.74) is 1.19. The zero-order chi connectivity index (χ0) is 17.4. The van der Waals surface area contributed by atoms with Crippen molar-refractivity contribution in [1.82, 2.24) is 20.0 Å². The number of nitrogens with one attached hydrogen (secondary N) is 2. The molecule has 0 atom stereocenters. The highest BCUT2D eigenvalue weighted by molar-refractivity contribution is 7.89. The fourth-order valence-corrected chi connectivity index (χ4v) is 2.75. The van der Waals surface area contributed by atoms with Crippen LogP contribution in [0.25, 0.3) is 0 Å². The van der Waals surface area contributed by atoms with Crippen LogP contribution in [0.5, 0.6) is 0 Å². The lowest BCUT2D eigenvalue weighted by Gasteiger charge is -2.07. The molecule has 1 amide bonds. The van der Waals surface area contributed by atoms with Crippen LogP contribution in [0.15, 0.2) is 47.9 Å². The summed E-state index contributed by atoms with van der Waals surface area (Å²) in [6.07, 6.45) is 4.48. The minimum atomic E-state index is -3.66. The molecule has 0 bridgehead atoms. The Morgan fingerprint density at radius 3 is 2.58 bits per heavy atom. The van der Waals surface area contributed by atoms with Crippen LogP contribution >= 0.6 is 0 Å². The van der Waals surface area contributed by atoms with E-state index in [-0.39, 0.29) is 30.6 Å². The number of rotatable bonds is 8. The molecule has 0 aliphatic carbocycles. The third-order valence-electron chi connectivity index (χ3n) is 3.07. The number of pyridine rings is 2. The second-order valence-electron chi connectivity index (χ2n) is 4.81. The molecule has 0 unspecified atom stereocenters.